The van der Waals surface area contributed by atoms with Crippen LogP contribution in [0.3, 0.4) is 0 Å². The number of hydrogen-bond donors (Lipinski definition) is 1. The summed E-state index contributed by atoms with van der Waals surface area (Å²) in [7, 11) is 0. The summed E-state index contributed by atoms with van der Waals surface area (Å²) in [6.45, 7) is 6.74. The summed E-state index contributed by atoms with van der Waals surface area (Å²) in [6.07, 6.45) is 0.834. The first kappa shape index (κ1) is 10.7. The molecule has 4 heteroatoms. The van der Waals surface area contributed by atoms with E-state index in [0.29, 0.717) is 19.0 Å². The van der Waals surface area contributed by atoms with Gasteiger partial charge in [-0.05, 0) is 13.0 Å². The molecule has 0 aromatic carbocycles. The number of nitrogens with two attached hydrogens (primary N) is 1. The van der Waals surface area contributed by atoms with E-state index in [0.717, 1.165) is 17.7 Å². The van der Waals surface area contributed by atoms with E-state index in [1.165, 1.54) is 0 Å². The van der Waals surface area contributed by atoms with Crippen LogP contribution in [0.1, 0.15) is 19.0 Å². The molecular weight excluding hydrogens is 178 g/mol. The molecule has 0 spiro atoms. The van der Waals surface area contributed by atoms with Gasteiger partial charge in [-0.1, -0.05) is 5.57 Å². The van der Waals surface area contributed by atoms with Gasteiger partial charge in [0.1, 0.15) is 0 Å². The minimum absolute atomic E-state index is 0.402. The lowest BCUT2D eigenvalue weighted by atomic mass is 10.3. The Morgan fingerprint density at radius 1 is 1.50 bits per heavy atom. The number of nitrogens with zero attached hydrogens (tertiary/aromatic N) is 2. The summed E-state index contributed by atoms with van der Waals surface area (Å²) in [5.41, 5.74) is 7.24. The van der Waals surface area contributed by atoms with E-state index < -0.39 is 0 Å². The Bertz CT molecular complexity index is 295. The summed E-state index contributed by atoms with van der Waals surface area (Å²) in [4.78, 5) is 0. The van der Waals surface area contributed by atoms with Crippen molar-refractivity contribution in [1.29, 1.82) is 0 Å². The number of rotatable bonds is 5. The Kier molecular flexibility index (Phi) is 4.07. The molecule has 1 rings (SSSR count). The molecule has 0 atom stereocenters. The van der Waals surface area contributed by atoms with Crippen molar-refractivity contribution in [2.24, 2.45) is 5.73 Å². The fourth-order valence-electron chi connectivity index (χ4n) is 0.863. The zero-order valence-electron chi connectivity index (χ0n) is 8.36. The summed E-state index contributed by atoms with van der Waals surface area (Å²) < 4.78 is 5.34. The van der Waals surface area contributed by atoms with Crippen molar-refractivity contribution < 1.29 is 4.74 Å². The van der Waals surface area contributed by atoms with Gasteiger partial charge in [0.15, 0.2) is 0 Å². The smallest absolute Gasteiger partial charge is 0.233 e. The topological polar surface area (TPSA) is 61.0 Å². The molecule has 2 N–H and O–H groups in total. The van der Waals surface area contributed by atoms with Crippen molar-refractivity contribution in [3.8, 4) is 5.88 Å². The lowest BCUT2D eigenvalue weighted by Gasteiger charge is -2.04. The van der Waals surface area contributed by atoms with E-state index >= 15 is 0 Å². The average molecular weight is 193 g/mol. The van der Waals surface area contributed by atoms with Crippen LogP contribution in [-0.4, -0.2) is 16.8 Å². The number of hydrogen-bond acceptors (Lipinski definition) is 4. The van der Waals surface area contributed by atoms with Crippen LogP contribution in [0.2, 0.25) is 0 Å². The van der Waals surface area contributed by atoms with E-state index in [1.54, 1.807) is 6.07 Å². The highest BCUT2D eigenvalue weighted by Crippen LogP contribution is 2.06. The highest BCUT2D eigenvalue weighted by Gasteiger charge is 1.96. The third kappa shape index (κ3) is 3.53. The second-order valence-corrected chi connectivity index (χ2v) is 3.12. The average Bonchev–Trinajstić information content (AvgIpc) is 2.18. The normalized spacial score (nSPS) is 9.86. The van der Waals surface area contributed by atoms with Crippen molar-refractivity contribution in [3.63, 3.8) is 0 Å². The van der Waals surface area contributed by atoms with Crippen molar-refractivity contribution in [2.45, 2.75) is 19.9 Å². The zero-order valence-corrected chi connectivity index (χ0v) is 8.36. The third-order valence-corrected chi connectivity index (χ3v) is 1.68. The molecule has 4 nitrogen and oxygen atoms in total. The monoisotopic (exact) mass is 193 g/mol. The first-order valence-electron chi connectivity index (χ1n) is 4.52. The van der Waals surface area contributed by atoms with E-state index in [-0.39, 0.29) is 0 Å². The van der Waals surface area contributed by atoms with Gasteiger partial charge in [-0.15, -0.1) is 11.7 Å². The highest BCUT2D eigenvalue weighted by molar-refractivity contribution is 5.11. The van der Waals surface area contributed by atoms with Crippen molar-refractivity contribution in [1.82, 2.24) is 10.2 Å². The quantitative estimate of drug-likeness (QED) is 0.715. The minimum atomic E-state index is 0.402. The maximum absolute atomic E-state index is 5.38. The van der Waals surface area contributed by atoms with Crippen LogP contribution in [-0.2, 0) is 6.54 Å². The third-order valence-electron chi connectivity index (χ3n) is 1.68. The predicted molar refractivity (Wildman–Crippen MR) is 54.8 cm³/mol. The second kappa shape index (κ2) is 5.34. The molecule has 0 unspecified atom stereocenters. The summed E-state index contributed by atoms with van der Waals surface area (Å²) in [5.74, 6) is 0.531. The van der Waals surface area contributed by atoms with Gasteiger partial charge in [-0.2, -0.15) is 5.10 Å². The second-order valence-electron chi connectivity index (χ2n) is 3.12. The number of aromatic nitrogens is 2. The fraction of sp³-hybridized carbons (Fsp3) is 0.400. The van der Waals surface area contributed by atoms with Gasteiger partial charge in [-0.3, -0.25) is 0 Å². The SMILES string of the molecule is C=C(C)CCOc1ccc(CN)nn1. The summed E-state index contributed by atoms with van der Waals surface area (Å²) >= 11 is 0. The Morgan fingerprint density at radius 3 is 2.79 bits per heavy atom. The van der Waals surface area contributed by atoms with Crippen LogP contribution in [0.5, 0.6) is 5.88 Å². The molecule has 0 aliphatic carbocycles. The lowest BCUT2D eigenvalue weighted by molar-refractivity contribution is 0.305. The van der Waals surface area contributed by atoms with Crippen LogP contribution in [0.15, 0.2) is 24.3 Å². The summed E-state index contributed by atoms with van der Waals surface area (Å²) in [5, 5.41) is 7.74. The molecule has 0 radical (unpaired) electrons. The van der Waals surface area contributed by atoms with Crippen molar-refractivity contribution >= 4 is 0 Å². The molecule has 76 valence electrons. The molecule has 14 heavy (non-hydrogen) atoms. The van der Waals surface area contributed by atoms with Crippen LogP contribution in [0.25, 0.3) is 0 Å². The van der Waals surface area contributed by atoms with Crippen molar-refractivity contribution in [3.05, 3.63) is 30.0 Å². The molecule has 0 fully saturated rings. The Morgan fingerprint density at radius 2 is 2.29 bits per heavy atom. The van der Waals surface area contributed by atoms with Gasteiger partial charge < -0.3 is 10.5 Å². The molecule has 0 saturated carbocycles. The Hall–Kier alpha value is -1.42. The lowest BCUT2D eigenvalue weighted by Crippen LogP contribution is -2.04. The standard InChI is InChI=1S/C10H15N3O/c1-8(2)5-6-14-10-4-3-9(7-11)12-13-10/h3-4H,1,5-7,11H2,2H3. The van der Waals surface area contributed by atoms with Crippen LogP contribution >= 0.6 is 0 Å². The summed E-state index contributed by atoms with van der Waals surface area (Å²) in [6, 6.07) is 3.58. The van der Waals surface area contributed by atoms with Gasteiger partial charge >= 0.3 is 0 Å². The van der Waals surface area contributed by atoms with E-state index in [2.05, 4.69) is 16.8 Å². The van der Waals surface area contributed by atoms with Crippen LogP contribution in [0, 0.1) is 0 Å². The molecule has 0 bridgehead atoms. The van der Waals surface area contributed by atoms with E-state index in [9.17, 15) is 0 Å². The predicted octanol–water partition coefficient (Wildman–Crippen LogP) is 1.28. The van der Waals surface area contributed by atoms with Crippen molar-refractivity contribution in [2.75, 3.05) is 6.61 Å². The molecule has 0 aliphatic heterocycles. The van der Waals surface area contributed by atoms with Gasteiger partial charge in [0.05, 0.1) is 12.3 Å². The van der Waals surface area contributed by atoms with Gasteiger partial charge in [0, 0.05) is 19.0 Å². The molecular formula is C10H15N3O. The van der Waals surface area contributed by atoms with Gasteiger partial charge in [-0.25, -0.2) is 0 Å². The van der Waals surface area contributed by atoms with E-state index in [4.69, 9.17) is 10.5 Å². The highest BCUT2D eigenvalue weighted by atomic mass is 16.5. The Labute approximate surface area is 83.8 Å². The maximum Gasteiger partial charge on any atom is 0.233 e. The molecule has 0 aliphatic rings. The van der Waals surface area contributed by atoms with Crippen LogP contribution < -0.4 is 10.5 Å². The zero-order chi connectivity index (χ0) is 10.4. The number of ether oxygens (including phenoxy) is 1. The molecule has 1 aromatic heterocycles. The largest absolute Gasteiger partial charge is 0.476 e. The molecule has 0 amide bonds. The van der Waals surface area contributed by atoms with Crippen LogP contribution in [0.4, 0.5) is 0 Å². The maximum atomic E-state index is 5.38. The van der Waals surface area contributed by atoms with Gasteiger partial charge in [0.2, 0.25) is 5.88 Å². The molecule has 0 saturated heterocycles. The minimum Gasteiger partial charge on any atom is -0.476 e. The Balaban J connectivity index is 2.40. The van der Waals surface area contributed by atoms with Gasteiger partial charge in [0.25, 0.3) is 0 Å². The first-order chi connectivity index (χ1) is 6.72. The fourth-order valence-corrected chi connectivity index (χ4v) is 0.863. The first-order valence-corrected chi connectivity index (χ1v) is 4.52. The molecule has 1 aromatic rings. The molecule has 1 heterocycles. The van der Waals surface area contributed by atoms with E-state index in [1.807, 2.05) is 13.0 Å².